The normalized spacial score (nSPS) is 13.8. The number of benzene rings is 3. The molecule has 0 radical (unpaired) electrons. The topological polar surface area (TPSA) is 49.4 Å². The molecule has 2 amide bonds. The summed E-state index contributed by atoms with van der Waals surface area (Å²) in [6, 6.07) is 17.5. The minimum atomic E-state index is -0.397. The summed E-state index contributed by atoms with van der Waals surface area (Å²) >= 11 is 0. The Labute approximate surface area is 187 Å². The minimum Gasteiger partial charge on any atom is -0.350 e. The highest BCUT2D eigenvalue weighted by Crippen LogP contribution is 2.32. The number of nitrogens with one attached hydrogen (secondary N) is 1. The fourth-order valence-corrected chi connectivity index (χ4v) is 3.96. The van der Waals surface area contributed by atoms with E-state index in [1.807, 2.05) is 64.1 Å². The molecule has 0 aromatic heterocycles. The van der Waals surface area contributed by atoms with Crippen LogP contribution in [-0.4, -0.2) is 16.7 Å². The van der Waals surface area contributed by atoms with Gasteiger partial charge in [-0.05, 0) is 85.3 Å². The quantitative estimate of drug-likeness (QED) is 0.550. The van der Waals surface area contributed by atoms with Crippen LogP contribution in [0, 0.1) is 33.5 Å². The number of carbonyl (C=O) groups is 2. The van der Waals surface area contributed by atoms with Crippen LogP contribution in [0.5, 0.6) is 0 Å². The first kappa shape index (κ1) is 21.5. The summed E-state index contributed by atoms with van der Waals surface area (Å²) in [4.78, 5) is 28.1. The molecular weight excluding hydrogens is 403 g/mol. The number of carbonyl (C=O) groups excluding carboxylic acids is 2. The molecule has 0 saturated heterocycles. The molecule has 3 aromatic rings. The second kappa shape index (κ2) is 8.42. The molecule has 1 aliphatic heterocycles. The molecule has 0 atom stereocenters. The summed E-state index contributed by atoms with van der Waals surface area (Å²) in [5.74, 6) is -1.12. The molecule has 0 unspecified atom stereocenters. The lowest BCUT2D eigenvalue weighted by atomic mass is 9.99. The van der Waals surface area contributed by atoms with Gasteiger partial charge in [0.05, 0.1) is 12.1 Å². The molecule has 4 nitrogen and oxygen atoms in total. The highest BCUT2D eigenvalue weighted by Gasteiger charge is 2.39. The number of halogens is 1. The van der Waals surface area contributed by atoms with Crippen LogP contribution < -0.4 is 5.32 Å². The molecule has 5 heteroatoms. The molecule has 1 N–H and O–H groups in total. The lowest BCUT2D eigenvalue weighted by molar-refractivity contribution is -0.137. The fourth-order valence-electron chi connectivity index (χ4n) is 3.96. The van der Waals surface area contributed by atoms with Crippen molar-refractivity contribution in [2.24, 2.45) is 0 Å². The van der Waals surface area contributed by atoms with Crippen molar-refractivity contribution in [2.45, 2.75) is 34.2 Å². The number of rotatable bonds is 5. The number of amides is 2. The van der Waals surface area contributed by atoms with Crippen LogP contribution in [-0.2, 0) is 16.1 Å². The van der Waals surface area contributed by atoms with Crippen LogP contribution in [0.3, 0.4) is 0 Å². The van der Waals surface area contributed by atoms with Gasteiger partial charge in [0, 0.05) is 5.69 Å². The predicted molar refractivity (Wildman–Crippen MR) is 124 cm³/mol. The molecule has 162 valence electrons. The van der Waals surface area contributed by atoms with E-state index < -0.39 is 5.91 Å². The van der Waals surface area contributed by atoms with Crippen molar-refractivity contribution in [3.05, 3.63) is 106 Å². The van der Waals surface area contributed by atoms with Crippen LogP contribution in [0.2, 0.25) is 0 Å². The highest BCUT2D eigenvalue weighted by molar-refractivity contribution is 6.36. The maximum absolute atomic E-state index is 13.5. The first-order valence-electron chi connectivity index (χ1n) is 10.5. The average molecular weight is 429 g/mol. The smallest absolute Gasteiger partial charge is 0.278 e. The van der Waals surface area contributed by atoms with Gasteiger partial charge in [0.1, 0.15) is 11.5 Å². The van der Waals surface area contributed by atoms with E-state index in [1.54, 1.807) is 12.1 Å². The van der Waals surface area contributed by atoms with E-state index in [-0.39, 0.29) is 24.0 Å². The SMILES string of the molecule is Cc1cc(C)cc(NC2=C(c3ccc(C)c(C)c3)C(=O)N(Cc3ccc(F)cc3)C2=O)c1. The Morgan fingerprint density at radius 1 is 0.781 bits per heavy atom. The highest BCUT2D eigenvalue weighted by atomic mass is 19.1. The number of imide groups is 1. The Kier molecular flexibility index (Phi) is 5.66. The Morgan fingerprint density at radius 2 is 1.44 bits per heavy atom. The Balaban J connectivity index is 1.77. The third kappa shape index (κ3) is 4.19. The van der Waals surface area contributed by atoms with Gasteiger partial charge in [0.15, 0.2) is 0 Å². The van der Waals surface area contributed by atoms with Crippen molar-refractivity contribution in [1.29, 1.82) is 0 Å². The van der Waals surface area contributed by atoms with E-state index in [9.17, 15) is 14.0 Å². The van der Waals surface area contributed by atoms with Crippen molar-refractivity contribution >= 4 is 23.1 Å². The second-order valence-corrected chi connectivity index (χ2v) is 8.37. The van der Waals surface area contributed by atoms with E-state index in [0.717, 1.165) is 27.9 Å². The van der Waals surface area contributed by atoms with Crippen LogP contribution in [0.25, 0.3) is 5.57 Å². The zero-order chi connectivity index (χ0) is 23.0. The van der Waals surface area contributed by atoms with Crippen LogP contribution in [0.1, 0.15) is 33.4 Å². The predicted octanol–water partition coefficient (Wildman–Crippen LogP) is 5.45. The van der Waals surface area contributed by atoms with E-state index in [2.05, 4.69) is 5.32 Å². The molecule has 0 spiro atoms. The van der Waals surface area contributed by atoms with Gasteiger partial charge in [-0.1, -0.05) is 36.4 Å². The molecule has 3 aromatic carbocycles. The van der Waals surface area contributed by atoms with Crippen LogP contribution in [0.15, 0.2) is 66.4 Å². The largest absolute Gasteiger partial charge is 0.350 e. The zero-order valence-corrected chi connectivity index (χ0v) is 18.6. The van der Waals surface area contributed by atoms with Gasteiger partial charge in [-0.15, -0.1) is 0 Å². The van der Waals surface area contributed by atoms with Crippen molar-refractivity contribution in [3.8, 4) is 0 Å². The molecule has 0 aliphatic carbocycles. The molecule has 1 heterocycles. The van der Waals surface area contributed by atoms with Gasteiger partial charge in [0.25, 0.3) is 11.8 Å². The van der Waals surface area contributed by atoms with Crippen molar-refractivity contribution in [1.82, 2.24) is 4.90 Å². The summed E-state index contributed by atoms with van der Waals surface area (Å²) in [6.45, 7) is 8.03. The lowest BCUT2D eigenvalue weighted by Gasteiger charge is -2.15. The maximum Gasteiger partial charge on any atom is 0.278 e. The first-order chi connectivity index (χ1) is 15.2. The summed E-state index contributed by atoms with van der Waals surface area (Å²) in [5, 5.41) is 3.22. The van der Waals surface area contributed by atoms with E-state index in [4.69, 9.17) is 0 Å². The van der Waals surface area contributed by atoms with Crippen LogP contribution in [0.4, 0.5) is 10.1 Å². The summed E-state index contributed by atoms with van der Waals surface area (Å²) in [5.41, 5.74) is 6.99. The summed E-state index contributed by atoms with van der Waals surface area (Å²) in [7, 11) is 0. The third-order valence-corrected chi connectivity index (χ3v) is 5.71. The second-order valence-electron chi connectivity index (χ2n) is 8.37. The Hall–Kier alpha value is -3.73. The zero-order valence-electron chi connectivity index (χ0n) is 18.6. The van der Waals surface area contributed by atoms with Gasteiger partial charge in [-0.25, -0.2) is 4.39 Å². The minimum absolute atomic E-state index is 0.0737. The van der Waals surface area contributed by atoms with Crippen molar-refractivity contribution < 1.29 is 14.0 Å². The molecule has 0 fully saturated rings. The standard InChI is InChI=1S/C27H25FN2O2/c1-16-11-17(2)13-23(12-16)29-25-24(21-8-5-18(3)19(4)14-21)26(31)30(27(25)32)15-20-6-9-22(28)10-7-20/h5-14,29H,15H2,1-4H3. The third-order valence-electron chi connectivity index (χ3n) is 5.71. The van der Waals surface area contributed by atoms with Gasteiger partial charge in [-0.3, -0.25) is 14.5 Å². The Morgan fingerprint density at radius 3 is 2.06 bits per heavy atom. The number of anilines is 1. The molecular formula is C27H25FN2O2. The van der Waals surface area contributed by atoms with Gasteiger partial charge in [0.2, 0.25) is 0 Å². The molecule has 4 rings (SSSR count). The van der Waals surface area contributed by atoms with E-state index in [1.165, 1.54) is 17.0 Å². The molecule has 0 saturated carbocycles. The molecule has 1 aliphatic rings. The number of hydrogen-bond donors (Lipinski definition) is 1. The lowest BCUT2D eigenvalue weighted by Crippen LogP contribution is -2.32. The van der Waals surface area contributed by atoms with E-state index in [0.29, 0.717) is 16.7 Å². The number of aryl methyl sites for hydroxylation is 4. The molecule has 32 heavy (non-hydrogen) atoms. The van der Waals surface area contributed by atoms with Gasteiger partial charge >= 0.3 is 0 Å². The average Bonchev–Trinajstić information content (AvgIpc) is 2.95. The molecule has 0 bridgehead atoms. The van der Waals surface area contributed by atoms with Crippen molar-refractivity contribution in [2.75, 3.05) is 5.32 Å². The summed E-state index contributed by atoms with van der Waals surface area (Å²) in [6.07, 6.45) is 0. The summed E-state index contributed by atoms with van der Waals surface area (Å²) < 4.78 is 13.3. The maximum atomic E-state index is 13.5. The first-order valence-corrected chi connectivity index (χ1v) is 10.5. The number of hydrogen-bond acceptors (Lipinski definition) is 3. The number of nitrogens with zero attached hydrogens (tertiary/aromatic N) is 1. The van der Waals surface area contributed by atoms with Gasteiger partial charge < -0.3 is 5.32 Å². The fraction of sp³-hybridized carbons (Fsp3) is 0.185. The monoisotopic (exact) mass is 428 g/mol. The Bertz CT molecular complexity index is 1240. The van der Waals surface area contributed by atoms with Crippen LogP contribution >= 0.6 is 0 Å². The van der Waals surface area contributed by atoms with Gasteiger partial charge in [-0.2, -0.15) is 0 Å². The van der Waals surface area contributed by atoms with E-state index >= 15 is 0 Å². The van der Waals surface area contributed by atoms with Crippen molar-refractivity contribution in [3.63, 3.8) is 0 Å².